The van der Waals surface area contributed by atoms with Gasteiger partial charge in [-0.3, -0.25) is 4.79 Å². The Labute approximate surface area is 125 Å². The Kier molecular flexibility index (Phi) is 6.97. The quantitative estimate of drug-likeness (QED) is 0.662. The Morgan fingerprint density at radius 3 is 2.76 bits per heavy atom. The van der Waals surface area contributed by atoms with Gasteiger partial charge in [0.1, 0.15) is 0 Å². The van der Waals surface area contributed by atoms with Gasteiger partial charge in [0.2, 0.25) is 10.0 Å². The molecule has 0 heterocycles. The molecule has 0 fully saturated rings. The lowest BCUT2D eigenvalue weighted by atomic mass is 10.1. The predicted molar refractivity (Wildman–Crippen MR) is 78.8 cm³/mol. The number of ether oxygens (including phenoxy) is 1. The van der Waals surface area contributed by atoms with Crippen LogP contribution < -0.4 is 4.72 Å². The van der Waals surface area contributed by atoms with Crippen molar-refractivity contribution in [3.8, 4) is 0 Å². The van der Waals surface area contributed by atoms with Crippen molar-refractivity contribution in [3.05, 3.63) is 29.8 Å². The number of rotatable bonds is 9. The molecule has 0 amide bonds. The molecule has 2 N–H and O–H groups in total. The summed E-state index contributed by atoms with van der Waals surface area (Å²) in [5, 5.41) is 9.46. The van der Waals surface area contributed by atoms with Crippen LogP contribution in [-0.2, 0) is 14.8 Å². The van der Waals surface area contributed by atoms with Crippen molar-refractivity contribution in [2.24, 2.45) is 0 Å². The van der Waals surface area contributed by atoms with Crippen molar-refractivity contribution in [3.63, 3.8) is 0 Å². The SMILES string of the molecule is CCC(=O)c1cccc(S(=O)(=O)NCCC(O)COC)c1. The van der Waals surface area contributed by atoms with Gasteiger partial charge < -0.3 is 9.84 Å². The van der Waals surface area contributed by atoms with Gasteiger partial charge in [0.05, 0.1) is 17.6 Å². The van der Waals surface area contributed by atoms with Gasteiger partial charge in [-0.05, 0) is 18.6 Å². The molecular weight excluding hydrogens is 294 g/mol. The van der Waals surface area contributed by atoms with Crippen LogP contribution in [0.1, 0.15) is 30.1 Å². The molecule has 1 rings (SSSR count). The normalized spacial score (nSPS) is 13.1. The molecule has 0 saturated heterocycles. The number of methoxy groups -OCH3 is 1. The molecule has 0 bridgehead atoms. The molecule has 0 saturated carbocycles. The monoisotopic (exact) mass is 315 g/mol. The lowest BCUT2D eigenvalue weighted by molar-refractivity contribution is 0.0603. The zero-order valence-corrected chi connectivity index (χ0v) is 13.0. The van der Waals surface area contributed by atoms with E-state index in [-0.39, 0.29) is 30.3 Å². The topological polar surface area (TPSA) is 92.7 Å². The van der Waals surface area contributed by atoms with Crippen molar-refractivity contribution in [2.45, 2.75) is 30.8 Å². The zero-order valence-electron chi connectivity index (χ0n) is 12.2. The number of benzene rings is 1. The summed E-state index contributed by atoms with van der Waals surface area (Å²) in [6, 6.07) is 5.92. The van der Waals surface area contributed by atoms with Crippen LogP contribution in [0, 0.1) is 0 Å². The molecule has 1 aromatic carbocycles. The number of carbonyl (C=O) groups is 1. The minimum atomic E-state index is -3.69. The highest BCUT2D eigenvalue weighted by Crippen LogP contribution is 2.13. The van der Waals surface area contributed by atoms with E-state index in [1.165, 1.54) is 25.3 Å². The van der Waals surface area contributed by atoms with Gasteiger partial charge in [0.15, 0.2) is 5.78 Å². The Morgan fingerprint density at radius 2 is 2.14 bits per heavy atom. The molecule has 0 aromatic heterocycles. The second kappa shape index (κ2) is 8.23. The van der Waals surface area contributed by atoms with Crippen LogP contribution in [0.15, 0.2) is 29.2 Å². The number of aliphatic hydroxyl groups excluding tert-OH is 1. The van der Waals surface area contributed by atoms with E-state index in [9.17, 15) is 18.3 Å². The Balaban J connectivity index is 2.72. The second-order valence-corrected chi connectivity index (χ2v) is 6.37. The van der Waals surface area contributed by atoms with Crippen molar-refractivity contribution in [2.75, 3.05) is 20.3 Å². The highest BCUT2D eigenvalue weighted by Gasteiger charge is 2.16. The molecule has 21 heavy (non-hydrogen) atoms. The van der Waals surface area contributed by atoms with E-state index < -0.39 is 16.1 Å². The van der Waals surface area contributed by atoms with Crippen molar-refractivity contribution in [1.29, 1.82) is 0 Å². The number of Topliss-reactive ketones (excluding diaryl/α,β-unsaturated/α-hetero) is 1. The van der Waals surface area contributed by atoms with Crippen LogP contribution in [0.5, 0.6) is 0 Å². The molecule has 0 radical (unpaired) electrons. The molecule has 0 aliphatic heterocycles. The number of sulfonamides is 1. The summed E-state index contributed by atoms with van der Waals surface area (Å²) in [5.41, 5.74) is 0.375. The number of hydrogen-bond donors (Lipinski definition) is 2. The predicted octanol–water partition coefficient (Wildman–Crippen LogP) is 0.955. The van der Waals surface area contributed by atoms with Crippen LogP contribution in [0.3, 0.4) is 0 Å². The first-order valence-electron chi connectivity index (χ1n) is 6.70. The molecule has 1 unspecified atom stereocenters. The Hall–Kier alpha value is -1.28. The summed E-state index contributed by atoms with van der Waals surface area (Å²) in [6.07, 6.45) is -0.147. The molecule has 6 nitrogen and oxygen atoms in total. The largest absolute Gasteiger partial charge is 0.391 e. The third-order valence-corrected chi connectivity index (χ3v) is 4.37. The third-order valence-electron chi connectivity index (χ3n) is 2.92. The van der Waals surface area contributed by atoms with E-state index in [1.807, 2.05) is 0 Å². The zero-order chi connectivity index (χ0) is 15.9. The number of nitrogens with one attached hydrogen (secondary N) is 1. The summed E-state index contributed by atoms with van der Waals surface area (Å²) < 4.78 is 31.4. The number of carbonyl (C=O) groups excluding carboxylic acids is 1. The fourth-order valence-corrected chi connectivity index (χ4v) is 2.85. The summed E-state index contributed by atoms with van der Waals surface area (Å²) in [6.45, 7) is 1.97. The van der Waals surface area contributed by atoms with Crippen molar-refractivity contribution >= 4 is 15.8 Å². The van der Waals surface area contributed by atoms with Crippen LogP contribution in [0.2, 0.25) is 0 Å². The standard InChI is InChI=1S/C14H21NO5S/c1-3-14(17)11-5-4-6-13(9-11)21(18,19)15-8-7-12(16)10-20-2/h4-6,9,12,15-16H,3,7-8,10H2,1-2H3. The minimum Gasteiger partial charge on any atom is -0.391 e. The average Bonchev–Trinajstić information content (AvgIpc) is 2.46. The molecule has 1 aromatic rings. The summed E-state index contributed by atoms with van der Waals surface area (Å²) >= 11 is 0. The van der Waals surface area contributed by atoms with Crippen molar-refractivity contribution < 1.29 is 23.1 Å². The van der Waals surface area contributed by atoms with Gasteiger partial charge in [0, 0.05) is 25.6 Å². The first kappa shape index (κ1) is 17.8. The number of hydrogen-bond acceptors (Lipinski definition) is 5. The first-order valence-corrected chi connectivity index (χ1v) is 8.19. The van der Waals surface area contributed by atoms with Gasteiger partial charge in [-0.15, -0.1) is 0 Å². The maximum atomic E-state index is 12.1. The Bertz CT molecular complexity index is 570. The minimum absolute atomic E-state index is 0.0445. The third kappa shape index (κ3) is 5.55. The highest BCUT2D eigenvalue weighted by molar-refractivity contribution is 7.89. The number of aliphatic hydroxyl groups is 1. The molecule has 7 heteroatoms. The van der Waals surface area contributed by atoms with Gasteiger partial charge in [-0.25, -0.2) is 13.1 Å². The van der Waals surface area contributed by atoms with Crippen LogP contribution in [0.25, 0.3) is 0 Å². The maximum absolute atomic E-state index is 12.1. The molecule has 0 spiro atoms. The molecule has 0 aliphatic carbocycles. The summed E-state index contributed by atoms with van der Waals surface area (Å²) in [5.74, 6) is -0.109. The number of ketones is 1. The van der Waals surface area contributed by atoms with Gasteiger partial charge in [-0.2, -0.15) is 0 Å². The lowest BCUT2D eigenvalue weighted by Gasteiger charge is -2.11. The van der Waals surface area contributed by atoms with E-state index >= 15 is 0 Å². The Morgan fingerprint density at radius 1 is 1.43 bits per heavy atom. The van der Waals surface area contributed by atoms with Gasteiger partial charge >= 0.3 is 0 Å². The van der Waals surface area contributed by atoms with Gasteiger partial charge in [0.25, 0.3) is 0 Å². The maximum Gasteiger partial charge on any atom is 0.240 e. The van der Waals surface area contributed by atoms with E-state index in [4.69, 9.17) is 4.74 Å². The van der Waals surface area contributed by atoms with Crippen LogP contribution in [0.4, 0.5) is 0 Å². The summed E-state index contributed by atoms with van der Waals surface area (Å²) in [4.78, 5) is 11.7. The van der Waals surface area contributed by atoms with Crippen LogP contribution >= 0.6 is 0 Å². The van der Waals surface area contributed by atoms with Crippen LogP contribution in [-0.4, -0.2) is 45.7 Å². The fraction of sp³-hybridized carbons (Fsp3) is 0.500. The molecule has 0 aliphatic rings. The van der Waals surface area contributed by atoms with E-state index in [1.54, 1.807) is 13.0 Å². The molecular formula is C14H21NO5S. The average molecular weight is 315 g/mol. The lowest BCUT2D eigenvalue weighted by Crippen LogP contribution is -2.28. The molecule has 1 atom stereocenters. The van der Waals surface area contributed by atoms with E-state index in [0.717, 1.165) is 0 Å². The van der Waals surface area contributed by atoms with Crippen molar-refractivity contribution in [1.82, 2.24) is 4.72 Å². The van der Waals surface area contributed by atoms with Gasteiger partial charge in [-0.1, -0.05) is 19.1 Å². The van der Waals surface area contributed by atoms with E-state index in [2.05, 4.69) is 4.72 Å². The van der Waals surface area contributed by atoms with E-state index in [0.29, 0.717) is 12.0 Å². The fourth-order valence-electron chi connectivity index (χ4n) is 1.76. The second-order valence-electron chi connectivity index (χ2n) is 4.60. The molecule has 118 valence electrons. The highest BCUT2D eigenvalue weighted by atomic mass is 32.2. The smallest absolute Gasteiger partial charge is 0.240 e. The first-order chi connectivity index (χ1) is 9.90. The summed E-state index contributed by atoms with van der Waals surface area (Å²) in [7, 11) is -2.23.